The van der Waals surface area contributed by atoms with Crippen LogP contribution in [0.15, 0.2) is 0 Å². The summed E-state index contributed by atoms with van der Waals surface area (Å²) in [6, 6.07) is 0. The van der Waals surface area contributed by atoms with E-state index in [-0.39, 0.29) is 0 Å². The summed E-state index contributed by atoms with van der Waals surface area (Å²) in [6.45, 7) is 5.87. The highest BCUT2D eigenvalue weighted by atomic mass is 16.6. The summed E-state index contributed by atoms with van der Waals surface area (Å²) in [6.07, 6.45) is 3.49. The molecule has 0 bridgehead atoms. The molecule has 0 saturated carbocycles. The average molecular weight is 186 g/mol. The van der Waals surface area contributed by atoms with E-state index in [1.165, 1.54) is 0 Å². The van der Waals surface area contributed by atoms with Crippen molar-refractivity contribution in [1.29, 1.82) is 0 Å². The Morgan fingerprint density at radius 2 is 1.85 bits per heavy atom. The van der Waals surface area contributed by atoms with Gasteiger partial charge in [-0.05, 0) is 26.7 Å². The Morgan fingerprint density at radius 3 is 2.38 bits per heavy atom. The van der Waals surface area contributed by atoms with E-state index in [1.54, 1.807) is 0 Å². The predicted octanol–water partition coefficient (Wildman–Crippen LogP) is 1.36. The number of hydrogen-bond acceptors (Lipinski definition) is 3. The van der Waals surface area contributed by atoms with Gasteiger partial charge >= 0.3 is 0 Å². The largest absolute Gasteiger partial charge is 0.375 e. The second-order valence-corrected chi connectivity index (χ2v) is 4.14. The van der Waals surface area contributed by atoms with E-state index in [0.717, 1.165) is 26.1 Å². The molecule has 0 aromatic carbocycles. The molecule has 2 heterocycles. The van der Waals surface area contributed by atoms with Crippen molar-refractivity contribution in [2.24, 2.45) is 0 Å². The molecule has 0 aliphatic carbocycles. The lowest BCUT2D eigenvalue weighted by molar-refractivity contribution is -0.103. The first-order valence-corrected chi connectivity index (χ1v) is 5.12. The van der Waals surface area contributed by atoms with Gasteiger partial charge in [-0.2, -0.15) is 0 Å². The van der Waals surface area contributed by atoms with Crippen LogP contribution in [0.1, 0.15) is 26.7 Å². The summed E-state index contributed by atoms with van der Waals surface area (Å²) in [5.41, 5.74) is 0. The first-order chi connectivity index (χ1) is 6.24. The maximum absolute atomic E-state index is 5.74. The number of ether oxygens (including phenoxy) is 3. The standard InChI is InChI=1S/C10H18O3/c1-7-3-9(4-8(2)13-7)11-5-10-6-12-10/h7-10H,3-6H2,1-2H3/t7?,8?,9?,10-/m1/s1. The zero-order valence-corrected chi connectivity index (χ0v) is 8.36. The maximum atomic E-state index is 5.74. The first kappa shape index (κ1) is 9.44. The fraction of sp³-hybridized carbons (Fsp3) is 1.00. The lowest BCUT2D eigenvalue weighted by Crippen LogP contribution is -2.34. The summed E-state index contributed by atoms with van der Waals surface area (Å²) in [5, 5.41) is 0. The first-order valence-electron chi connectivity index (χ1n) is 5.12. The minimum absolute atomic E-state index is 0.342. The number of hydrogen-bond donors (Lipinski definition) is 0. The van der Waals surface area contributed by atoms with Crippen molar-refractivity contribution >= 4 is 0 Å². The van der Waals surface area contributed by atoms with Crippen LogP contribution in [0.5, 0.6) is 0 Å². The second kappa shape index (κ2) is 3.95. The van der Waals surface area contributed by atoms with Gasteiger partial charge in [0.2, 0.25) is 0 Å². The summed E-state index contributed by atoms with van der Waals surface area (Å²) in [7, 11) is 0. The van der Waals surface area contributed by atoms with Gasteiger partial charge in [0.25, 0.3) is 0 Å². The maximum Gasteiger partial charge on any atom is 0.104 e. The quantitative estimate of drug-likeness (QED) is 0.623. The van der Waals surface area contributed by atoms with Crippen LogP contribution >= 0.6 is 0 Å². The van der Waals surface area contributed by atoms with E-state index < -0.39 is 0 Å². The Hall–Kier alpha value is -0.120. The van der Waals surface area contributed by atoms with Crippen molar-refractivity contribution in [3.8, 4) is 0 Å². The van der Waals surface area contributed by atoms with E-state index >= 15 is 0 Å². The molecule has 2 saturated heterocycles. The Labute approximate surface area is 79.4 Å². The van der Waals surface area contributed by atoms with E-state index in [9.17, 15) is 0 Å². The molecule has 2 aliphatic heterocycles. The Balaban J connectivity index is 1.70. The van der Waals surface area contributed by atoms with Crippen molar-refractivity contribution < 1.29 is 14.2 Å². The molecule has 13 heavy (non-hydrogen) atoms. The van der Waals surface area contributed by atoms with E-state index in [1.807, 2.05) is 0 Å². The molecule has 0 radical (unpaired) electrons. The third-order valence-corrected chi connectivity index (χ3v) is 2.57. The van der Waals surface area contributed by atoms with Crippen LogP contribution in [-0.4, -0.2) is 37.6 Å². The van der Waals surface area contributed by atoms with Gasteiger partial charge in [0.1, 0.15) is 6.10 Å². The van der Waals surface area contributed by atoms with Gasteiger partial charge in [0.15, 0.2) is 0 Å². The minimum Gasteiger partial charge on any atom is -0.375 e. The van der Waals surface area contributed by atoms with Gasteiger partial charge in [-0.15, -0.1) is 0 Å². The van der Waals surface area contributed by atoms with Crippen LogP contribution in [0.3, 0.4) is 0 Å². The molecule has 2 aliphatic rings. The Morgan fingerprint density at radius 1 is 1.23 bits per heavy atom. The SMILES string of the molecule is CC1CC(OC[C@@H]2CO2)CC(C)O1. The summed E-state index contributed by atoms with van der Waals surface area (Å²) >= 11 is 0. The van der Waals surface area contributed by atoms with Gasteiger partial charge in [-0.25, -0.2) is 0 Å². The molecule has 2 rings (SSSR count). The van der Waals surface area contributed by atoms with Gasteiger partial charge in [-0.3, -0.25) is 0 Å². The Kier molecular flexibility index (Phi) is 2.86. The second-order valence-electron chi connectivity index (χ2n) is 4.14. The van der Waals surface area contributed by atoms with Crippen molar-refractivity contribution in [2.75, 3.05) is 13.2 Å². The fourth-order valence-electron chi connectivity index (χ4n) is 1.89. The molecule has 76 valence electrons. The zero-order chi connectivity index (χ0) is 9.26. The molecule has 0 amide bonds. The molecule has 0 N–H and O–H groups in total. The lowest BCUT2D eigenvalue weighted by Gasteiger charge is -2.31. The van der Waals surface area contributed by atoms with Gasteiger partial charge < -0.3 is 14.2 Å². The van der Waals surface area contributed by atoms with Gasteiger partial charge in [0.05, 0.1) is 31.5 Å². The summed E-state index contributed by atoms with van der Waals surface area (Å²) in [5.74, 6) is 0. The normalized spacial score (nSPS) is 44.8. The minimum atomic E-state index is 0.342. The van der Waals surface area contributed by atoms with Gasteiger partial charge in [0, 0.05) is 0 Å². The molecule has 0 aromatic heterocycles. The topological polar surface area (TPSA) is 31.0 Å². The molecular formula is C10H18O3. The predicted molar refractivity (Wildman–Crippen MR) is 48.7 cm³/mol. The zero-order valence-electron chi connectivity index (χ0n) is 8.36. The summed E-state index contributed by atoms with van der Waals surface area (Å²) in [4.78, 5) is 0. The lowest BCUT2D eigenvalue weighted by atomic mass is 10.0. The summed E-state index contributed by atoms with van der Waals surface area (Å²) < 4.78 is 16.5. The highest BCUT2D eigenvalue weighted by Gasteiger charge is 2.28. The molecule has 0 spiro atoms. The molecule has 3 nitrogen and oxygen atoms in total. The Bertz CT molecular complexity index is 158. The molecule has 2 fully saturated rings. The van der Waals surface area contributed by atoms with Crippen molar-refractivity contribution in [3.63, 3.8) is 0 Å². The average Bonchev–Trinajstić information content (AvgIpc) is 2.81. The third-order valence-electron chi connectivity index (χ3n) is 2.57. The van der Waals surface area contributed by atoms with Crippen molar-refractivity contribution in [3.05, 3.63) is 0 Å². The monoisotopic (exact) mass is 186 g/mol. The number of rotatable bonds is 3. The highest BCUT2D eigenvalue weighted by molar-refractivity contribution is 4.75. The number of epoxide rings is 1. The van der Waals surface area contributed by atoms with Crippen LogP contribution in [0.2, 0.25) is 0 Å². The van der Waals surface area contributed by atoms with Crippen LogP contribution in [-0.2, 0) is 14.2 Å². The van der Waals surface area contributed by atoms with Crippen LogP contribution in [0.4, 0.5) is 0 Å². The van der Waals surface area contributed by atoms with Crippen LogP contribution < -0.4 is 0 Å². The third kappa shape index (κ3) is 2.93. The molecule has 0 aromatic rings. The smallest absolute Gasteiger partial charge is 0.104 e. The van der Waals surface area contributed by atoms with E-state index in [2.05, 4.69) is 13.8 Å². The molecule has 2 unspecified atom stereocenters. The van der Waals surface area contributed by atoms with Crippen molar-refractivity contribution in [2.45, 2.75) is 51.1 Å². The van der Waals surface area contributed by atoms with Crippen LogP contribution in [0.25, 0.3) is 0 Å². The van der Waals surface area contributed by atoms with E-state index in [4.69, 9.17) is 14.2 Å². The highest BCUT2D eigenvalue weighted by Crippen LogP contribution is 2.22. The molecule has 3 heteroatoms. The van der Waals surface area contributed by atoms with Crippen molar-refractivity contribution in [1.82, 2.24) is 0 Å². The van der Waals surface area contributed by atoms with Gasteiger partial charge in [-0.1, -0.05) is 0 Å². The van der Waals surface area contributed by atoms with E-state index in [0.29, 0.717) is 24.4 Å². The fourth-order valence-corrected chi connectivity index (χ4v) is 1.89. The van der Waals surface area contributed by atoms with Crippen LogP contribution in [0, 0.1) is 0 Å². The molecule has 3 atom stereocenters. The molecular weight excluding hydrogens is 168 g/mol.